The van der Waals surface area contributed by atoms with Crippen LogP contribution >= 0.6 is 31.9 Å². The average Bonchev–Trinajstić information content (AvgIpc) is 2.89. The van der Waals surface area contributed by atoms with Gasteiger partial charge in [0.15, 0.2) is 0 Å². The first kappa shape index (κ1) is 32.7. The van der Waals surface area contributed by atoms with Gasteiger partial charge in [-0.25, -0.2) is 4.79 Å². The average molecular weight is 703 g/mol. The van der Waals surface area contributed by atoms with Gasteiger partial charge in [0.25, 0.3) is 0 Å². The number of carbonyl (C=O) groups is 2. The number of amides is 1. The fourth-order valence-electron chi connectivity index (χ4n) is 4.99. The highest BCUT2D eigenvalue weighted by atomic mass is 79.9. The van der Waals surface area contributed by atoms with Crippen LogP contribution in [0.2, 0.25) is 0 Å². The third-order valence-corrected chi connectivity index (χ3v) is 9.61. The first-order chi connectivity index (χ1) is 19.0. The molecule has 8 nitrogen and oxygen atoms in total. The zero-order valence-electron chi connectivity index (χ0n) is 23.3. The zero-order chi connectivity index (χ0) is 29.3. The summed E-state index contributed by atoms with van der Waals surface area (Å²) in [5, 5.41) is 2.78. The van der Waals surface area contributed by atoms with Crippen LogP contribution in [0.3, 0.4) is 0 Å². The molecule has 11 heteroatoms. The molecule has 2 aromatic rings. The van der Waals surface area contributed by atoms with Crippen molar-refractivity contribution in [1.29, 1.82) is 0 Å². The molecule has 40 heavy (non-hydrogen) atoms. The molecule has 1 aliphatic rings. The molecule has 0 saturated carbocycles. The third-order valence-electron chi connectivity index (χ3n) is 7.09. The maximum Gasteiger partial charge on any atom is 0.347 e. The summed E-state index contributed by atoms with van der Waals surface area (Å²) in [5.41, 5.74) is 5.10. The maximum atomic E-state index is 12.0. The second-order valence-electron chi connectivity index (χ2n) is 10.2. The summed E-state index contributed by atoms with van der Waals surface area (Å²) in [6.45, 7) is 8.01. The van der Waals surface area contributed by atoms with Gasteiger partial charge in [0.05, 0.1) is 5.75 Å². The summed E-state index contributed by atoms with van der Waals surface area (Å²) in [7, 11) is -3.88. The quantitative estimate of drug-likeness (QED) is 0.230. The predicted molar refractivity (Wildman–Crippen MR) is 163 cm³/mol. The molecule has 0 aliphatic carbocycles. The molecule has 0 unspecified atom stereocenters. The number of hydrogen-bond donors (Lipinski definition) is 1. The van der Waals surface area contributed by atoms with E-state index in [0.717, 1.165) is 47.8 Å². The summed E-state index contributed by atoms with van der Waals surface area (Å²) in [6.07, 6.45) is 2.95. The van der Waals surface area contributed by atoms with Crippen molar-refractivity contribution in [3.63, 3.8) is 0 Å². The SMILES string of the molecule is CCS(=O)(=O)OC(=O)COCC(=O)NCCCN1CCC(C(c2ccc(C)cc2Br)c2ccc(C)cc2Br)CC1. The van der Waals surface area contributed by atoms with Gasteiger partial charge in [0.2, 0.25) is 5.91 Å². The van der Waals surface area contributed by atoms with Crippen LogP contribution in [0, 0.1) is 19.8 Å². The standard InChI is InChI=1S/C29H38Br2N2O6S/c1-4-40(36,37)39-28(35)19-38-18-27(34)32-12-5-13-33-14-10-22(11-15-33)29(23-8-6-20(2)16-25(23)30)24-9-7-21(3)17-26(24)31/h6-9,16-17,22,29H,4-5,10-15,18-19H2,1-3H3,(H,32,34). The van der Waals surface area contributed by atoms with Crippen molar-refractivity contribution < 1.29 is 26.9 Å². The minimum atomic E-state index is -3.88. The van der Waals surface area contributed by atoms with E-state index in [-0.39, 0.29) is 24.2 Å². The summed E-state index contributed by atoms with van der Waals surface area (Å²) in [4.78, 5) is 25.9. The Kier molecular flexibility index (Phi) is 12.6. The number of nitrogens with one attached hydrogen (secondary N) is 1. The molecule has 3 rings (SSSR count). The lowest BCUT2D eigenvalue weighted by Gasteiger charge is -2.37. The van der Waals surface area contributed by atoms with E-state index in [0.29, 0.717) is 12.5 Å². The number of carbonyl (C=O) groups excluding carboxylic acids is 2. The van der Waals surface area contributed by atoms with Crippen molar-refractivity contribution in [2.45, 2.75) is 46.0 Å². The van der Waals surface area contributed by atoms with Gasteiger partial charge < -0.3 is 19.1 Å². The van der Waals surface area contributed by atoms with E-state index in [9.17, 15) is 18.0 Å². The van der Waals surface area contributed by atoms with E-state index in [4.69, 9.17) is 4.74 Å². The maximum absolute atomic E-state index is 12.0. The highest BCUT2D eigenvalue weighted by Gasteiger charge is 2.31. The monoisotopic (exact) mass is 700 g/mol. The van der Waals surface area contributed by atoms with Crippen LogP contribution in [-0.2, 0) is 28.6 Å². The Hall–Kier alpha value is -1.79. The van der Waals surface area contributed by atoms with Gasteiger partial charge in [-0.1, -0.05) is 56.1 Å². The molecule has 0 aromatic heterocycles. The molecule has 0 radical (unpaired) electrons. The normalized spacial score (nSPS) is 14.8. The lowest BCUT2D eigenvalue weighted by Crippen LogP contribution is -2.38. The molecule has 1 amide bonds. The minimum absolute atomic E-state index is 0.283. The van der Waals surface area contributed by atoms with Gasteiger partial charge in [-0.3, -0.25) is 4.79 Å². The Morgan fingerprint density at radius 3 is 2.10 bits per heavy atom. The van der Waals surface area contributed by atoms with Crippen LogP contribution < -0.4 is 5.32 Å². The van der Waals surface area contributed by atoms with Gasteiger partial charge in [-0.05, 0) is 100.0 Å². The van der Waals surface area contributed by atoms with Crippen molar-refractivity contribution in [3.8, 4) is 0 Å². The van der Waals surface area contributed by atoms with Gasteiger partial charge >= 0.3 is 16.1 Å². The minimum Gasteiger partial charge on any atom is -0.360 e. The Labute approximate surface area is 254 Å². The number of likely N-dealkylation sites (tertiary alicyclic amines) is 1. The molecule has 1 aliphatic heterocycles. The van der Waals surface area contributed by atoms with Crippen molar-refractivity contribution >= 4 is 53.9 Å². The Bertz CT molecular complexity index is 1230. The van der Waals surface area contributed by atoms with E-state index < -0.39 is 22.7 Å². The third kappa shape index (κ3) is 9.94. The number of ether oxygens (including phenoxy) is 1. The molecular formula is C29H38Br2N2O6S. The first-order valence-electron chi connectivity index (χ1n) is 13.5. The fraction of sp³-hybridized carbons (Fsp3) is 0.517. The molecule has 0 atom stereocenters. The summed E-state index contributed by atoms with van der Waals surface area (Å²) < 4.78 is 34.1. The van der Waals surface area contributed by atoms with E-state index in [1.165, 1.54) is 29.2 Å². The van der Waals surface area contributed by atoms with E-state index >= 15 is 0 Å². The van der Waals surface area contributed by atoms with Crippen molar-refractivity contribution in [2.24, 2.45) is 5.92 Å². The van der Waals surface area contributed by atoms with Crippen LogP contribution in [-0.4, -0.2) is 70.3 Å². The largest absolute Gasteiger partial charge is 0.360 e. The molecule has 220 valence electrons. The van der Waals surface area contributed by atoms with Crippen LogP contribution in [0.15, 0.2) is 45.3 Å². The predicted octanol–water partition coefficient (Wildman–Crippen LogP) is 5.09. The van der Waals surface area contributed by atoms with Crippen molar-refractivity contribution in [1.82, 2.24) is 10.2 Å². The van der Waals surface area contributed by atoms with Gasteiger partial charge in [-0.15, -0.1) is 0 Å². The zero-order valence-corrected chi connectivity index (χ0v) is 27.2. The van der Waals surface area contributed by atoms with Crippen LogP contribution in [0.4, 0.5) is 0 Å². The second-order valence-corrected chi connectivity index (χ2v) is 13.8. The van der Waals surface area contributed by atoms with Gasteiger partial charge in [-0.2, -0.15) is 8.42 Å². The number of benzene rings is 2. The molecule has 1 heterocycles. The highest BCUT2D eigenvalue weighted by molar-refractivity contribution is 9.10. The lowest BCUT2D eigenvalue weighted by molar-refractivity contribution is -0.140. The first-order valence-corrected chi connectivity index (χ1v) is 16.7. The molecule has 1 fully saturated rings. The highest BCUT2D eigenvalue weighted by Crippen LogP contribution is 2.43. The van der Waals surface area contributed by atoms with Crippen molar-refractivity contribution in [2.75, 3.05) is 45.1 Å². The molecule has 0 bridgehead atoms. The molecule has 2 aromatic carbocycles. The summed E-state index contributed by atoms with van der Waals surface area (Å²) in [6, 6.07) is 13.3. The number of halogens is 2. The van der Waals surface area contributed by atoms with E-state index in [2.05, 4.69) is 96.5 Å². The topological polar surface area (TPSA) is 102 Å². The molecule has 0 spiro atoms. The number of nitrogens with zero attached hydrogens (tertiary/aromatic N) is 1. The second kappa shape index (κ2) is 15.4. The summed E-state index contributed by atoms with van der Waals surface area (Å²) >= 11 is 7.67. The number of aryl methyl sites for hydroxylation is 2. The Morgan fingerprint density at radius 2 is 1.57 bits per heavy atom. The lowest BCUT2D eigenvalue weighted by atomic mass is 9.76. The van der Waals surface area contributed by atoms with Crippen LogP contribution in [0.5, 0.6) is 0 Å². The van der Waals surface area contributed by atoms with E-state index in [1.807, 2.05) is 0 Å². The molecular weight excluding hydrogens is 664 g/mol. The molecule has 1 saturated heterocycles. The Morgan fingerprint density at radius 1 is 1.00 bits per heavy atom. The number of rotatable bonds is 13. The van der Waals surface area contributed by atoms with Gasteiger partial charge in [0.1, 0.15) is 13.2 Å². The number of hydrogen-bond acceptors (Lipinski definition) is 7. The van der Waals surface area contributed by atoms with Crippen LogP contribution in [0.25, 0.3) is 0 Å². The smallest absolute Gasteiger partial charge is 0.347 e. The number of piperidine rings is 1. The molecule has 1 N–H and O–H groups in total. The summed E-state index contributed by atoms with van der Waals surface area (Å²) in [5.74, 6) is -0.923. The van der Waals surface area contributed by atoms with E-state index in [1.54, 1.807) is 0 Å². The van der Waals surface area contributed by atoms with Crippen molar-refractivity contribution in [3.05, 3.63) is 67.6 Å². The van der Waals surface area contributed by atoms with Crippen LogP contribution in [0.1, 0.15) is 54.4 Å². The fourth-order valence-corrected chi connectivity index (χ4v) is 6.92. The van der Waals surface area contributed by atoms with Gasteiger partial charge in [0, 0.05) is 21.4 Å². The Balaban J connectivity index is 1.46.